The van der Waals surface area contributed by atoms with Crippen LogP contribution in [0.4, 0.5) is 5.69 Å². The molecule has 2 aliphatic carbocycles. The molecule has 8 heteroatoms. The number of amides is 2. The van der Waals surface area contributed by atoms with Gasteiger partial charge in [-0.05, 0) is 73.8 Å². The Morgan fingerprint density at radius 3 is 2.73 bits per heavy atom. The molecule has 4 fully saturated rings. The molecule has 0 bridgehead atoms. The number of thiophene rings is 1. The van der Waals surface area contributed by atoms with Gasteiger partial charge in [0.2, 0.25) is 11.8 Å². The number of imide groups is 1. The minimum absolute atomic E-state index is 0.0800. The third kappa shape index (κ3) is 3.50. The summed E-state index contributed by atoms with van der Waals surface area (Å²) in [6.07, 6.45) is 8.92. The minimum Gasteiger partial charge on any atom is -0.366 e. The molecule has 1 N–H and O–H groups in total. The van der Waals surface area contributed by atoms with Crippen LogP contribution in [0.25, 0.3) is 21.3 Å². The molecule has 2 saturated heterocycles. The van der Waals surface area contributed by atoms with Gasteiger partial charge in [-0.2, -0.15) is 0 Å². The molecule has 3 atom stereocenters. The molecular weight excluding hydrogens is 504 g/mol. The fourth-order valence-electron chi connectivity index (χ4n) is 7.30. The van der Waals surface area contributed by atoms with E-state index in [1.807, 2.05) is 12.3 Å². The Labute approximate surface area is 225 Å². The van der Waals surface area contributed by atoms with Gasteiger partial charge >= 0.3 is 0 Å². The smallest absolute Gasteiger partial charge is 0.230 e. The summed E-state index contributed by atoms with van der Waals surface area (Å²) in [5.74, 6) is 1.18. The van der Waals surface area contributed by atoms with Crippen molar-refractivity contribution >= 4 is 50.7 Å². The number of nitrogens with zero attached hydrogens (tertiary/aromatic N) is 3. The van der Waals surface area contributed by atoms with E-state index in [9.17, 15) is 9.59 Å². The third-order valence-corrected chi connectivity index (χ3v) is 10.8. The van der Waals surface area contributed by atoms with Crippen LogP contribution in [0.5, 0.6) is 0 Å². The second kappa shape index (κ2) is 8.01. The van der Waals surface area contributed by atoms with Crippen molar-refractivity contribution in [3.05, 3.63) is 45.9 Å². The maximum atomic E-state index is 12.2. The van der Waals surface area contributed by atoms with E-state index in [1.165, 1.54) is 53.8 Å². The van der Waals surface area contributed by atoms with Gasteiger partial charge in [0.15, 0.2) is 0 Å². The molecule has 1 aromatic carbocycles. The van der Waals surface area contributed by atoms with Gasteiger partial charge in [0.05, 0.1) is 16.8 Å². The summed E-state index contributed by atoms with van der Waals surface area (Å²) >= 11 is 8.42. The number of benzene rings is 1. The van der Waals surface area contributed by atoms with Crippen molar-refractivity contribution in [1.82, 2.24) is 15.2 Å². The number of nitrogens with one attached hydrogen (secondary N) is 1. The Bertz CT molecular complexity index is 1460. The molecule has 3 aliphatic heterocycles. The maximum absolute atomic E-state index is 12.2. The molecule has 2 saturated carbocycles. The first-order chi connectivity index (χ1) is 18.0. The van der Waals surface area contributed by atoms with Gasteiger partial charge in [-0.1, -0.05) is 11.6 Å². The average Bonchev–Trinajstić information content (AvgIpc) is 3.18. The van der Waals surface area contributed by atoms with Crippen molar-refractivity contribution in [2.45, 2.75) is 69.0 Å². The average molecular weight is 533 g/mol. The van der Waals surface area contributed by atoms with Gasteiger partial charge in [0.1, 0.15) is 0 Å². The quantitative estimate of drug-likeness (QED) is 0.451. The van der Waals surface area contributed by atoms with E-state index in [2.05, 4.69) is 33.4 Å². The van der Waals surface area contributed by atoms with Crippen LogP contribution < -0.4 is 10.2 Å². The standard InChI is InChI=1S/C29H29ClN4O2S/c30-17-9-22(20-4-7-31-24-11-19(37-28(20)24)15-34-25(35)2-3-26(34)36)27-23(10-17)21-8-16(21)14-33(27)18-12-29(32-13-18)5-1-6-29/h4,7,9-11,16,18,21,32H,1-3,5-6,8,12-15H2/t16-,18-,21-/m1/s1. The second-order valence-electron chi connectivity index (χ2n) is 11.7. The summed E-state index contributed by atoms with van der Waals surface area (Å²) in [5, 5.41) is 4.67. The van der Waals surface area contributed by atoms with Crippen molar-refractivity contribution in [2.24, 2.45) is 5.92 Å². The number of carbonyl (C=O) groups is 2. The van der Waals surface area contributed by atoms with Gasteiger partial charge in [-0.25, -0.2) is 0 Å². The zero-order valence-corrected chi connectivity index (χ0v) is 22.2. The Balaban J connectivity index is 1.23. The maximum Gasteiger partial charge on any atom is 0.230 e. The fraction of sp³-hybridized carbons (Fsp3) is 0.483. The van der Waals surface area contributed by atoms with E-state index in [0.29, 0.717) is 36.9 Å². The number of aromatic nitrogens is 1. The Kier molecular flexibility index (Phi) is 4.87. The van der Waals surface area contributed by atoms with Crippen LogP contribution in [-0.4, -0.2) is 46.4 Å². The number of hydrogen-bond donors (Lipinski definition) is 1. The molecule has 0 unspecified atom stereocenters. The predicted molar refractivity (Wildman–Crippen MR) is 146 cm³/mol. The number of carbonyl (C=O) groups excluding carboxylic acids is 2. The summed E-state index contributed by atoms with van der Waals surface area (Å²) in [6, 6.07) is 9.00. The number of likely N-dealkylation sites (tertiary alicyclic amines) is 1. The van der Waals surface area contributed by atoms with Crippen molar-refractivity contribution < 1.29 is 9.59 Å². The molecule has 2 amide bonds. The number of fused-ring (bicyclic) bond motifs is 4. The Morgan fingerprint density at radius 1 is 1.14 bits per heavy atom. The second-order valence-corrected chi connectivity index (χ2v) is 13.3. The van der Waals surface area contributed by atoms with E-state index in [4.69, 9.17) is 11.6 Å². The Morgan fingerprint density at radius 2 is 1.97 bits per heavy atom. The minimum atomic E-state index is -0.0800. The van der Waals surface area contributed by atoms with Crippen molar-refractivity contribution in [3.63, 3.8) is 0 Å². The highest BCUT2D eigenvalue weighted by Crippen LogP contribution is 2.59. The first-order valence-electron chi connectivity index (χ1n) is 13.5. The lowest BCUT2D eigenvalue weighted by atomic mass is 9.75. The van der Waals surface area contributed by atoms with Crippen LogP contribution in [0.1, 0.15) is 61.3 Å². The predicted octanol–water partition coefficient (Wildman–Crippen LogP) is 5.47. The van der Waals surface area contributed by atoms with Gasteiger partial charge in [0.25, 0.3) is 0 Å². The van der Waals surface area contributed by atoms with E-state index >= 15 is 0 Å². The van der Waals surface area contributed by atoms with Gasteiger partial charge < -0.3 is 10.2 Å². The topological polar surface area (TPSA) is 65.5 Å². The number of rotatable bonds is 4. The lowest BCUT2D eigenvalue weighted by molar-refractivity contribution is -0.138. The number of hydrogen-bond acceptors (Lipinski definition) is 6. The summed E-state index contributed by atoms with van der Waals surface area (Å²) in [7, 11) is 0. The molecule has 3 aromatic rings. The molecule has 1 spiro atoms. The number of halogens is 1. The van der Waals surface area contributed by atoms with Crippen LogP contribution in [0.15, 0.2) is 30.5 Å². The van der Waals surface area contributed by atoms with Crippen LogP contribution in [-0.2, 0) is 16.1 Å². The normalized spacial score (nSPS) is 27.6. The van der Waals surface area contributed by atoms with Crippen LogP contribution in [0.2, 0.25) is 5.02 Å². The number of anilines is 1. The number of pyridine rings is 1. The fourth-order valence-corrected chi connectivity index (χ4v) is 8.66. The summed E-state index contributed by atoms with van der Waals surface area (Å²) < 4.78 is 1.10. The van der Waals surface area contributed by atoms with E-state index in [-0.39, 0.29) is 11.8 Å². The van der Waals surface area contributed by atoms with Crippen molar-refractivity contribution in [2.75, 3.05) is 18.0 Å². The third-order valence-electron chi connectivity index (χ3n) is 9.46. The molecule has 5 aliphatic rings. The molecule has 5 heterocycles. The highest BCUT2D eigenvalue weighted by molar-refractivity contribution is 7.19. The highest BCUT2D eigenvalue weighted by atomic mass is 35.5. The largest absolute Gasteiger partial charge is 0.366 e. The lowest BCUT2D eigenvalue weighted by Crippen LogP contribution is -2.46. The van der Waals surface area contributed by atoms with Crippen LogP contribution in [0.3, 0.4) is 0 Å². The van der Waals surface area contributed by atoms with Gasteiger partial charge in [0, 0.05) is 70.4 Å². The Hall–Kier alpha value is -2.48. The first-order valence-corrected chi connectivity index (χ1v) is 14.7. The first kappa shape index (κ1) is 22.5. The van der Waals surface area contributed by atoms with Gasteiger partial charge in [-0.15, -0.1) is 11.3 Å². The zero-order valence-electron chi connectivity index (χ0n) is 20.6. The molecule has 2 aromatic heterocycles. The summed E-state index contributed by atoms with van der Waals surface area (Å²) in [5.41, 5.74) is 6.37. The van der Waals surface area contributed by atoms with E-state index in [1.54, 1.807) is 11.3 Å². The SMILES string of the molecule is O=C1CCC(=O)N1Cc1cc2nccc(-c3cc(Cl)cc4c3N([C@H]3CNC5(CCC5)C3)C[C@H]3C[C@@H]43)c2s1. The molecule has 0 radical (unpaired) electrons. The molecule has 190 valence electrons. The van der Waals surface area contributed by atoms with Crippen LogP contribution >= 0.6 is 22.9 Å². The van der Waals surface area contributed by atoms with Crippen molar-refractivity contribution in [1.29, 1.82) is 0 Å². The van der Waals surface area contributed by atoms with Gasteiger partial charge in [-0.3, -0.25) is 19.5 Å². The van der Waals surface area contributed by atoms with E-state index in [0.717, 1.165) is 44.7 Å². The molecule has 6 nitrogen and oxygen atoms in total. The zero-order chi connectivity index (χ0) is 24.9. The summed E-state index contributed by atoms with van der Waals surface area (Å²) in [4.78, 5) is 34.2. The summed E-state index contributed by atoms with van der Waals surface area (Å²) in [6.45, 7) is 2.50. The van der Waals surface area contributed by atoms with Crippen LogP contribution in [0, 0.1) is 5.92 Å². The highest BCUT2D eigenvalue weighted by Gasteiger charge is 2.51. The molecular formula is C29H29ClN4O2S. The lowest BCUT2D eigenvalue weighted by Gasteiger charge is -2.41. The monoisotopic (exact) mass is 532 g/mol. The molecule has 37 heavy (non-hydrogen) atoms. The molecule has 8 rings (SSSR count). The van der Waals surface area contributed by atoms with E-state index < -0.39 is 0 Å². The van der Waals surface area contributed by atoms with Crippen molar-refractivity contribution in [3.8, 4) is 11.1 Å².